The summed E-state index contributed by atoms with van der Waals surface area (Å²) in [6.45, 7) is 5.35. The highest BCUT2D eigenvalue weighted by molar-refractivity contribution is 7.90. The van der Waals surface area contributed by atoms with Gasteiger partial charge in [-0.3, -0.25) is 4.99 Å². The summed E-state index contributed by atoms with van der Waals surface area (Å²) in [4.78, 5) is 6.52. The molecule has 0 saturated carbocycles. The van der Waals surface area contributed by atoms with Gasteiger partial charge in [0.05, 0.1) is 12.2 Å². The maximum Gasteiger partial charge on any atom is 0.266 e. The molecule has 21 heavy (non-hydrogen) atoms. The average Bonchev–Trinajstić information content (AvgIpc) is 2.37. The average molecular weight is 310 g/mol. The minimum absolute atomic E-state index is 0.278. The first-order valence-corrected chi connectivity index (χ1v) is 8.41. The van der Waals surface area contributed by atoms with Crippen molar-refractivity contribution >= 4 is 21.7 Å². The van der Waals surface area contributed by atoms with E-state index in [1.165, 1.54) is 0 Å². The Balaban J connectivity index is 2.29. The lowest BCUT2D eigenvalue weighted by molar-refractivity contribution is 0.420. The van der Waals surface area contributed by atoms with Crippen LogP contribution in [0.25, 0.3) is 0 Å². The molecule has 1 aliphatic heterocycles. The molecular formula is C14H22N4O2S. The fraction of sp³-hybridized carbons (Fsp3) is 0.500. The van der Waals surface area contributed by atoms with Gasteiger partial charge in [0.15, 0.2) is 0 Å². The lowest BCUT2D eigenvalue weighted by Crippen LogP contribution is -2.41. The van der Waals surface area contributed by atoms with Gasteiger partial charge < -0.3 is 10.2 Å². The Labute approximate surface area is 126 Å². The van der Waals surface area contributed by atoms with Crippen molar-refractivity contribution in [1.29, 1.82) is 0 Å². The molecule has 116 valence electrons. The van der Waals surface area contributed by atoms with Gasteiger partial charge in [0, 0.05) is 6.54 Å². The minimum atomic E-state index is -3.55. The summed E-state index contributed by atoms with van der Waals surface area (Å²) in [7, 11) is 0.337. The first-order chi connectivity index (χ1) is 9.79. The van der Waals surface area contributed by atoms with E-state index in [2.05, 4.69) is 15.0 Å². The van der Waals surface area contributed by atoms with Crippen molar-refractivity contribution < 1.29 is 8.42 Å². The Hall–Kier alpha value is -1.60. The van der Waals surface area contributed by atoms with Gasteiger partial charge in [-0.2, -0.15) is 0 Å². The fourth-order valence-corrected chi connectivity index (χ4v) is 3.17. The van der Waals surface area contributed by atoms with Crippen LogP contribution in [0, 0.1) is 0 Å². The van der Waals surface area contributed by atoms with E-state index in [4.69, 9.17) is 0 Å². The van der Waals surface area contributed by atoms with E-state index in [0.29, 0.717) is 12.2 Å². The zero-order chi connectivity index (χ0) is 15.6. The molecule has 0 amide bonds. The van der Waals surface area contributed by atoms with Gasteiger partial charge in [-0.25, -0.2) is 13.1 Å². The predicted molar refractivity (Wildman–Crippen MR) is 85.3 cm³/mol. The molecule has 0 fully saturated rings. The molecule has 2 rings (SSSR count). The van der Waals surface area contributed by atoms with Gasteiger partial charge in [-0.05, 0) is 37.7 Å². The van der Waals surface area contributed by atoms with Gasteiger partial charge in [0.25, 0.3) is 10.0 Å². The quantitative estimate of drug-likeness (QED) is 0.882. The molecule has 1 aromatic rings. The first kappa shape index (κ1) is 15.8. The number of guanidine groups is 1. The monoisotopic (exact) mass is 310 g/mol. The van der Waals surface area contributed by atoms with Gasteiger partial charge in [0.2, 0.25) is 5.96 Å². The summed E-state index contributed by atoms with van der Waals surface area (Å²) >= 11 is 0. The highest BCUT2D eigenvalue weighted by atomic mass is 32.2. The number of sulfonamides is 1. The van der Waals surface area contributed by atoms with Crippen LogP contribution in [0.1, 0.15) is 25.3 Å². The van der Waals surface area contributed by atoms with Crippen LogP contribution in [0.3, 0.4) is 0 Å². The maximum atomic E-state index is 12.3. The Bertz CT molecular complexity index is 651. The topological polar surface area (TPSA) is 73.8 Å². The lowest BCUT2D eigenvalue weighted by Gasteiger charge is -2.22. The van der Waals surface area contributed by atoms with Gasteiger partial charge in [0.1, 0.15) is 4.90 Å². The molecule has 1 aromatic carbocycles. The van der Waals surface area contributed by atoms with Crippen molar-refractivity contribution in [3.05, 3.63) is 23.8 Å². The fourth-order valence-electron chi connectivity index (χ4n) is 1.99. The molecule has 0 aromatic heterocycles. The zero-order valence-electron chi connectivity index (χ0n) is 12.8. The molecule has 0 spiro atoms. The molecule has 2 N–H and O–H groups in total. The smallest absolute Gasteiger partial charge is 0.266 e. The van der Waals surface area contributed by atoms with Crippen molar-refractivity contribution in [3.63, 3.8) is 0 Å². The first-order valence-electron chi connectivity index (χ1n) is 6.92. The molecule has 1 heterocycles. The molecule has 0 atom stereocenters. The summed E-state index contributed by atoms with van der Waals surface area (Å²) in [5, 5.41) is 3.03. The Kier molecular flexibility index (Phi) is 4.53. The molecule has 0 unspecified atom stereocenters. The van der Waals surface area contributed by atoms with Crippen LogP contribution in [0.2, 0.25) is 0 Å². The number of fused-ring (bicyclic) bond motifs is 1. The second-order valence-electron chi connectivity index (χ2n) is 5.67. The molecule has 7 heteroatoms. The standard InChI is InChI=1S/C14H22N4O2S/c1-10(2)11-5-6-12-13(9-11)21(19,20)17-14(16-12)15-7-8-18(3)4/h5-6,9-10H,7-8H2,1-4H3,(H2,15,16,17). The number of benzene rings is 1. The zero-order valence-corrected chi connectivity index (χ0v) is 13.7. The second-order valence-corrected chi connectivity index (χ2v) is 7.33. The van der Waals surface area contributed by atoms with E-state index in [9.17, 15) is 8.42 Å². The van der Waals surface area contributed by atoms with E-state index in [-0.39, 0.29) is 16.8 Å². The van der Waals surface area contributed by atoms with Crippen LogP contribution < -0.4 is 10.0 Å². The third kappa shape index (κ3) is 3.74. The number of nitrogens with one attached hydrogen (secondary N) is 2. The van der Waals surface area contributed by atoms with Crippen molar-refractivity contribution in [2.45, 2.75) is 24.7 Å². The van der Waals surface area contributed by atoms with Gasteiger partial charge in [-0.15, -0.1) is 0 Å². The number of anilines is 1. The number of likely N-dealkylation sites (N-methyl/N-ethyl adjacent to an activating group) is 1. The second kappa shape index (κ2) is 6.03. The molecule has 0 aliphatic carbocycles. The highest BCUT2D eigenvalue weighted by Crippen LogP contribution is 2.28. The number of nitrogens with zero attached hydrogens (tertiary/aromatic N) is 2. The molecule has 1 aliphatic rings. The van der Waals surface area contributed by atoms with Gasteiger partial charge >= 0.3 is 0 Å². The van der Waals surface area contributed by atoms with E-state index < -0.39 is 10.0 Å². The maximum absolute atomic E-state index is 12.3. The molecule has 0 radical (unpaired) electrons. The highest BCUT2D eigenvalue weighted by Gasteiger charge is 2.26. The predicted octanol–water partition coefficient (Wildman–Crippen LogP) is 1.43. The molecule has 0 saturated heterocycles. The molecular weight excluding hydrogens is 288 g/mol. The Morgan fingerprint density at radius 1 is 1.29 bits per heavy atom. The van der Waals surface area contributed by atoms with Crippen LogP contribution in [-0.2, 0) is 10.0 Å². The third-order valence-electron chi connectivity index (χ3n) is 3.26. The largest absolute Gasteiger partial charge is 0.324 e. The SMILES string of the molecule is CC(C)c1ccc2c(c1)S(=O)(=O)NC(=NCCN(C)C)N2. The van der Waals surface area contributed by atoms with E-state index in [0.717, 1.165) is 12.1 Å². The van der Waals surface area contributed by atoms with Crippen LogP contribution in [-0.4, -0.2) is 46.5 Å². The summed E-state index contributed by atoms with van der Waals surface area (Å²) in [6, 6.07) is 5.45. The summed E-state index contributed by atoms with van der Waals surface area (Å²) in [6.07, 6.45) is 0. The molecule has 6 nitrogen and oxygen atoms in total. The normalized spacial score (nSPS) is 18.5. The minimum Gasteiger partial charge on any atom is -0.324 e. The number of hydrogen-bond acceptors (Lipinski definition) is 4. The van der Waals surface area contributed by atoms with Crippen molar-refractivity contribution in [1.82, 2.24) is 9.62 Å². The third-order valence-corrected chi connectivity index (χ3v) is 4.64. The van der Waals surface area contributed by atoms with Crippen LogP contribution in [0.5, 0.6) is 0 Å². The van der Waals surface area contributed by atoms with Gasteiger partial charge in [-0.1, -0.05) is 19.9 Å². The number of rotatable bonds is 4. The van der Waals surface area contributed by atoms with Crippen LogP contribution in [0.4, 0.5) is 5.69 Å². The van der Waals surface area contributed by atoms with Crippen LogP contribution >= 0.6 is 0 Å². The van der Waals surface area contributed by atoms with Crippen molar-refractivity contribution in [2.24, 2.45) is 4.99 Å². The number of aliphatic imine (C=N–C) groups is 1. The van der Waals surface area contributed by atoms with Crippen LogP contribution in [0.15, 0.2) is 28.1 Å². The van der Waals surface area contributed by atoms with E-state index in [1.54, 1.807) is 12.1 Å². The van der Waals surface area contributed by atoms with Crippen molar-refractivity contribution in [3.8, 4) is 0 Å². The van der Waals surface area contributed by atoms with Crippen molar-refractivity contribution in [2.75, 3.05) is 32.5 Å². The van der Waals surface area contributed by atoms with E-state index >= 15 is 0 Å². The Morgan fingerprint density at radius 3 is 2.62 bits per heavy atom. The number of hydrogen-bond donors (Lipinski definition) is 2. The summed E-state index contributed by atoms with van der Waals surface area (Å²) in [5.41, 5.74) is 1.57. The summed E-state index contributed by atoms with van der Waals surface area (Å²) in [5.74, 6) is 0.558. The lowest BCUT2D eigenvalue weighted by atomic mass is 10.0. The Morgan fingerprint density at radius 2 is 2.00 bits per heavy atom. The molecule has 0 bridgehead atoms. The summed E-state index contributed by atoms with van der Waals surface area (Å²) < 4.78 is 27.1. The van der Waals surface area contributed by atoms with E-state index in [1.807, 2.05) is 38.9 Å².